The first kappa shape index (κ1) is 26.9. The molecule has 0 N–H and O–H groups in total. The van der Waals surface area contributed by atoms with Crippen LogP contribution in [0.15, 0.2) is 36.5 Å². The Kier molecular flexibility index (Phi) is 8.18. The van der Waals surface area contributed by atoms with Crippen molar-refractivity contribution in [1.29, 1.82) is 0 Å². The Morgan fingerprint density at radius 3 is 2.44 bits per heavy atom. The van der Waals surface area contributed by atoms with Crippen LogP contribution in [0, 0.1) is 0 Å². The zero-order valence-corrected chi connectivity index (χ0v) is 19.7. The Morgan fingerprint density at radius 1 is 1.11 bits per heavy atom. The maximum Gasteiger partial charge on any atom is 0.491 e. The first-order valence-electron chi connectivity index (χ1n) is 10.9. The molecule has 194 valence electrons. The SMILES string of the molecule is COc1ccc(C(=O)c2ccc(OCC3CCCO3)nc2)c(OC(C)(C)C(=O)OC(=O)C(F)(F)F)c1. The van der Waals surface area contributed by atoms with Crippen molar-refractivity contribution in [2.75, 3.05) is 20.3 Å². The number of esters is 2. The predicted molar refractivity (Wildman–Crippen MR) is 117 cm³/mol. The van der Waals surface area contributed by atoms with Crippen LogP contribution < -0.4 is 14.2 Å². The number of rotatable bonds is 9. The number of hydrogen-bond donors (Lipinski definition) is 0. The molecule has 12 heteroatoms. The maximum atomic E-state index is 13.2. The molecule has 2 aromatic rings. The average Bonchev–Trinajstić information content (AvgIpc) is 3.35. The van der Waals surface area contributed by atoms with Gasteiger partial charge < -0.3 is 23.7 Å². The van der Waals surface area contributed by atoms with Crippen LogP contribution in [0.5, 0.6) is 17.4 Å². The van der Waals surface area contributed by atoms with Gasteiger partial charge in [0.1, 0.15) is 18.1 Å². The third kappa shape index (κ3) is 6.72. The standard InChI is InChI=1S/C24H24F3NO8/c1-23(2,21(30)35-22(31)24(25,26)27)36-18-11-15(32-3)7-8-17(18)20(29)14-6-9-19(28-12-14)34-13-16-5-4-10-33-16/h6-9,11-12,16H,4-5,10,13H2,1-3H3. The van der Waals surface area contributed by atoms with Crippen LogP contribution in [-0.2, 0) is 19.1 Å². The zero-order chi connectivity index (χ0) is 26.5. The molecule has 3 rings (SSSR count). The normalized spacial score (nSPS) is 15.8. The number of methoxy groups -OCH3 is 1. The second-order valence-corrected chi connectivity index (χ2v) is 8.31. The Labute approximate surface area is 204 Å². The largest absolute Gasteiger partial charge is 0.497 e. The zero-order valence-electron chi connectivity index (χ0n) is 19.7. The van der Waals surface area contributed by atoms with E-state index in [2.05, 4.69) is 9.72 Å². The second-order valence-electron chi connectivity index (χ2n) is 8.31. The van der Waals surface area contributed by atoms with Crippen molar-refractivity contribution < 1.29 is 51.2 Å². The van der Waals surface area contributed by atoms with E-state index in [1.165, 1.54) is 43.6 Å². The van der Waals surface area contributed by atoms with Gasteiger partial charge in [0, 0.05) is 30.5 Å². The van der Waals surface area contributed by atoms with Crippen molar-refractivity contribution in [2.24, 2.45) is 0 Å². The molecule has 1 aliphatic rings. The lowest BCUT2D eigenvalue weighted by Crippen LogP contribution is -2.43. The van der Waals surface area contributed by atoms with Gasteiger partial charge in [-0.25, -0.2) is 14.6 Å². The van der Waals surface area contributed by atoms with E-state index in [0.717, 1.165) is 26.7 Å². The van der Waals surface area contributed by atoms with Crippen molar-refractivity contribution in [2.45, 2.75) is 44.6 Å². The minimum absolute atomic E-state index is 0.00594. The maximum absolute atomic E-state index is 13.2. The highest BCUT2D eigenvalue weighted by Crippen LogP contribution is 2.31. The van der Waals surface area contributed by atoms with Gasteiger partial charge in [-0.15, -0.1) is 0 Å². The summed E-state index contributed by atoms with van der Waals surface area (Å²) in [5, 5.41) is 0. The summed E-state index contributed by atoms with van der Waals surface area (Å²) in [4.78, 5) is 40.6. The fourth-order valence-corrected chi connectivity index (χ4v) is 3.19. The van der Waals surface area contributed by atoms with E-state index < -0.39 is 29.5 Å². The Balaban J connectivity index is 1.78. The van der Waals surface area contributed by atoms with Gasteiger partial charge in [-0.2, -0.15) is 13.2 Å². The molecule has 9 nitrogen and oxygen atoms in total. The molecule has 0 bridgehead atoms. The molecule has 1 aliphatic heterocycles. The minimum atomic E-state index is -5.37. The molecule has 1 aromatic heterocycles. The first-order valence-corrected chi connectivity index (χ1v) is 10.9. The van der Waals surface area contributed by atoms with Gasteiger partial charge in [0.2, 0.25) is 11.5 Å². The number of ketones is 1. The summed E-state index contributed by atoms with van der Waals surface area (Å²) >= 11 is 0. The Hall–Kier alpha value is -3.67. The van der Waals surface area contributed by atoms with Gasteiger partial charge in [0.05, 0.1) is 18.8 Å². The van der Waals surface area contributed by atoms with Crippen LogP contribution in [0.2, 0.25) is 0 Å². The molecule has 1 atom stereocenters. The van der Waals surface area contributed by atoms with Gasteiger partial charge in [-0.3, -0.25) is 4.79 Å². The summed E-state index contributed by atoms with van der Waals surface area (Å²) < 4.78 is 63.1. The number of carbonyl (C=O) groups is 3. The highest BCUT2D eigenvalue weighted by atomic mass is 19.4. The molecule has 0 spiro atoms. The Bertz CT molecular complexity index is 1110. The quantitative estimate of drug-likeness (QED) is 0.283. The number of pyridine rings is 1. The molecule has 0 saturated carbocycles. The number of nitrogens with zero attached hydrogens (tertiary/aromatic N) is 1. The lowest BCUT2D eigenvalue weighted by molar-refractivity contribution is -0.206. The van der Waals surface area contributed by atoms with E-state index in [1.54, 1.807) is 0 Å². The van der Waals surface area contributed by atoms with Crippen molar-refractivity contribution >= 4 is 17.7 Å². The molecule has 1 fully saturated rings. The van der Waals surface area contributed by atoms with Crippen LogP contribution in [0.25, 0.3) is 0 Å². The van der Waals surface area contributed by atoms with Crippen LogP contribution in [0.4, 0.5) is 13.2 Å². The number of alkyl halides is 3. The molecular formula is C24H24F3NO8. The molecule has 2 heterocycles. The van der Waals surface area contributed by atoms with Gasteiger partial charge in [-0.1, -0.05) is 0 Å². The fraction of sp³-hybridized carbons (Fsp3) is 0.417. The molecule has 0 radical (unpaired) electrons. The molecular weight excluding hydrogens is 487 g/mol. The molecule has 0 amide bonds. The van der Waals surface area contributed by atoms with E-state index in [9.17, 15) is 27.6 Å². The van der Waals surface area contributed by atoms with Crippen LogP contribution in [0.3, 0.4) is 0 Å². The van der Waals surface area contributed by atoms with Crippen molar-refractivity contribution in [3.05, 3.63) is 47.7 Å². The molecule has 0 aliphatic carbocycles. The first-order chi connectivity index (χ1) is 16.9. The smallest absolute Gasteiger partial charge is 0.491 e. The summed E-state index contributed by atoms with van der Waals surface area (Å²) in [6, 6.07) is 7.10. The molecule has 1 unspecified atom stereocenters. The highest BCUT2D eigenvalue weighted by molar-refractivity contribution is 6.10. The van der Waals surface area contributed by atoms with Gasteiger partial charge in [0.25, 0.3) is 0 Å². The van der Waals surface area contributed by atoms with Crippen LogP contribution in [-0.4, -0.2) is 60.9 Å². The third-order valence-corrected chi connectivity index (χ3v) is 5.15. The van der Waals surface area contributed by atoms with Gasteiger partial charge >= 0.3 is 18.1 Å². The number of benzene rings is 1. The van der Waals surface area contributed by atoms with E-state index >= 15 is 0 Å². The predicted octanol–water partition coefficient (Wildman–Crippen LogP) is 3.67. The molecule has 1 aromatic carbocycles. The van der Waals surface area contributed by atoms with Gasteiger partial charge in [-0.05, 0) is 44.9 Å². The molecule has 1 saturated heterocycles. The fourth-order valence-electron chi connectivity index (χ4n) is 3.19. The summed E-state index contributed by atoms with van der Waals surface area (Å²) in [6.45, 7) is 3.20. The second kappa shape index (κ2) is 10.9. The lowest BCUT2D eigenvalue weighted by Gasteiger charge is -2.25. The van der Waals surface area contributed by atoms with E-state index in [1.807, 2.05) is 0 Å². The number of hydrogen-bond acceptors (Lipinski definition) is 9. The topological polar surface area (TPSA) is 110 Å². The Morgan fingerprint density at radius 2 is 1.86 bits per heavy atom. The number of carbonyl (C=O) groups excluding carboxylic acids is 3. The summed E-state index contributed by atoms with van der Waals surface area (Å²) in [5.41, 5.74) is -1.95. The minimum Gasteiger partial charge on any atom is -0.497 e. The van der Waals surface area contributed by atoms with E-state index in [0.29, 0.717) is 19.1 Å². The average molecular weight is 511 g/mol. The molecule has 36 heavy (non-hydrogen) atoms. The third-order valence-electron chi connectivity index (χ3n) is 5.15. The van der Waals surface area contributed by atoms with Crippen LogP contribution >= 0.6 is 0 Å². The van der Waals surface area contributed by atoms with E-state index in [4.69, 9.17) is 18.9 Å². The van der Waals surface area contributed by atoms with Crippen molar-refractivity contribution in [1.82, 2.24) is 4.98 Å². The monoisotopic (exact) mass is 511 g/mol. The van der Waals surface area contributed by atoms with E-state index in [-0.39, 0.29) is 28.7 Å². The number of halogens is 3. The summed E-state index contributed by atoms with van der Waals surface area (Å²) in [5.74, 6) is -4.47. The van der Waals surface area contributed by atoms with Crippen molar-refractivity contribution in [3.63, 3.8) is 0 Å². The number of ether oxygens (including phenoxy) is 5. The summed E-state index contributed by atoms with van der Waals surface area (Å²) in [7, 11) is 1.35. The van der Waals surface area contributed by atoms with Gasteiger partial charge in [0.15, 0.2) is 5.78 Å². The lowest BCUT2D eigenvalue weighted by atomic mass is 10.0. The highest BCUT2D eigenvalue weighted by Gasteiger charge is 2.45. The van der Waals surface area contributed by atoms with Crippen LogP contribution in [0.1, 0.15) is 42.6 Å². The summed E-state index contributed by atoms with van der Waals surface area (Å²) in [6.07, 6.45) is -2.22. The number of aromatic nitrogens is 1. The van der Waals surface area contributed by atoms with Crippen molar-refractivity contribution in [3.8, 4) is 17.4 Å².